The average molecular weight is 197 g/mol. The molecule has 1 unspecified atom stereocenters. The van der Waals surface area contributed by atoms with Gasteiger partial charge in [0.15, 0.2) is 0 Å². The Hall–Kier alpha value is -1.32. The number of hydrogen-bond donors (Lipinski definition) is 2. The Bertz CT molecular complexity index is 304. The molecule has 14 heavy (non-hydrogen) atoms. The van der Waals surface area contributed by atoms with Crippen LogP contribution in [0.15, 0.2) is 16.8 Å². The highest BCUT2D eigenvalue weighted by atomic mass is 16.4. The lowest BCUT2D eigenvalue weighted by atomic mass is 10.1. The summed E-state index contributed by atoms with van der Waals surface area (Å²) in [6.07, 6.45) is 3.16. The maximum Gasteiger partial charge on any atom is 0.307 e. The zero-order chi connectivity index (χ0) is 10.9. The first kappa shape index (κ1) is 10.8. The van der Waals surface area contributed by atoms with Crippen molar-refractivity contribution in [3.63, 3.8) is 0 Å². The van der Waals surface area contributed by atoms with Crippen LogP contribution >= 0.6 is 0 Å². The van der Waals surface area contributed by atoms with Gasteiger partial charge in [0.1, 0.15) is 0 Å². The Kier molecular flexibility index (Phi) is 2.64. The number of aliphatic carboxylic acids is 1. The number of nitrogens with zero attached hydrogens (tertiary/aromatic N) is 1. The fourth-order valence-electron chi connectivity index (χ4n) is 1.88. The largest absolute Gasteiger partial charge is 0.481 e. The molecule has 0 heterocycles. The van der Waals surface area contributed by atoms with E-state index in [0.717, 1.165) is 5.57 Å². The standard InChI is InChI=1S/C10H15NO3/c1-6(5-11-14)4-7-8(9(12)13)10(7,2)3/h4-5,7-8,14H,1-3H3,(H,12,13)/t7?,8-/m0/s1. The number of carbonyl (C=O) groups is 1. The van der Waals surface area contributed by atoms with Gasteiger partial charge < -0.3 is 10.3 Å². The fourth-order valence-corrected chi connectivity index (χ4v) is 1.88. The van der Waals surface area contributed by atoms with E-state index in [4.69, 9.17) is 10.3 Å². The highest BCUT2D eigenvalue weighted by Crippen LogP contribution is 2.59. The van der Waals surface area contributed by atoms with Crippen LogP contribution < -0.4 is 0 Å². The van der Waals surface area contributed by atoms with Crippen LogP contribution in [-0.2, 0) is 4.79 Å². The molecule has 0 amide bonds. The van der Waals surface area contributed by atoms with Crippen molar-refractivity contribution in [2.75, 3.05) is 0 Å². The summed E-state index contributed by atoms with van der Waals surface area (Å²) in [4.78, 5) is 10.8. The van der Waals surface area contributed by atoms with Crippen molar-refractivity contribution in [2.45, 2.75) is 20.8 Å². The normalized spacial score (nSPS) is 30.6. The Morgan fingerprint density at radius 3 is 2.43 bits per heavy atom. The molecule has 0 aromatic rings. The van der Waals surface area contributed by atoms with E-state index in [0.29, 0.717) is 0 Å². The summed E-state index contributed by atoms with van der Waals surface area (Å²) in [6, 6.07) is 0. The number of oxime groups is 1. The summed E-state index contributed by atoms with van der Waals surface area (Å²) in [6.45, 7) is 5.64. The number of rotatable bonds is 3. The third-order valence-corrected chi connectivity index (χ3v) is 2.88. The maximum absolute atomic E-state index is 10.8. The molecule has 0 spiro atoms. The van der Waals surface area contributed by atoms with Gasteiger partial charge in [-0.2, -0.15) is 0 Å². The van der Waals surface area contributed by atoms with Crippen LogP contribution in [0.5, 0.6) is 0 Å². The van der Waals surface area contributed by atoms with Gasteiger partial charge in [-0.05, 0) is 23.8 Å². The zero-order valence-corrected chi connectivity index (χ0v) is 8.56. The molecule has 1 aliphatic rings. The molecule has 4 nitrogen and oxygen atoms in total. The van der Waals surface area contributed by atoms with E-state index in [2.05, 4.69) is 5.16 Å². The Labute approximate surface area is 82.9 Å². The number of hydrogen-bond acceptors (Lipinski definition) is 3. The molecule has 0 aromatic heterocycles. The van der Waals surface area contributed by atoms with Crippen LogP contribution in [0.3, 0.4) is 0 Å². The van der Waals surface area contributed by atoms with Crippen LogP contribution in [0.4, 0.5) is 0 Å². The molecule has 0 aliphatic heterocycles. The van der Waals surface area contributed by atoms with Gasteiger partial charge in [-0.25, -0.2) is 0 Å². The summed E-state index contributed by atoms with van der Waals surface area (Å²) in [5.74, 6) is -1.03. The lowest BCUT2D eigenvalue weighted by Crippen LogP contribution is -2.03. The smallest absolute Gasteiger partial charge is 0.307 e. The average Bonchev–Trinajstić information content (AvgIpc) is 2.53. The molecular formula is C10H15NO3. The Morgan fingerprint density at radius 2 is 2.07 bits per heavy atom. The lowest BCUT2D eigenvalue weighted by Gasteiger charge is -1.97. The molecule has 1 rings (SSSR count). The highest BCUT2D eigenvalue weighted by Gasteiger charge is 2.60. The van der Waals surface area contributed by atoms with E-state index in [-0.39, 0.29) is 17.3 Å². The quantitative estimate of drug-likeness (QED) is 0.411. The Morgan fingerprint density at radius 1 is 1.50 bits per heavy atom. The molecule has 2 atom stereocenters. The van der Waals surface area contributed by atoms with Gasteiger partial charge in [-0.1, -0.05) is 25.1 Å². The van der Waals surface area contributed by atoms with Crippen LogP contribution in [0, 0.1) is 17.3 Å². The molecule has 0 radical (unpaired) electrons. The summed E-state index contributed by atoms with van der Waals surface area (Å²) in [7, 11) is 0. The summed E-state index contributed by atoms with van der Waals surface area (Å²) in [5.41, 5.74) is 0.602. The minimum Gasteiger partial charge on any atom is -0.481 e. The van der Waals surface area contributed by atoms with Gasteiger partial charge in [-0.3, -0.25) is 4.79 Å². The van der Waals surface area contributed by atoms with E-state index < -0.39 is 5.97 Å². The topological polar surface area (TPSA) is 69.9 Å². The van der Waals surface area contributed by atoms with E-state index in [9.17, 15) is 4.79 Å². The molecule has 4 heteroatoms. The predicted molar refractivity (Wildman–Crippen MR) is 52.4 cm³/mol. The lowest BCUT2D eigenvalue weighted by molar-refractivity contribution is -0.139. The van der Waals surface area contributed by atoms with Gasteiger partial charge in [0.25, 0.3) is 0 Å². The molecule has 2 N–H and O–H groups in total. The molecular weight excluding hydrogens is 182 g/mol. The minimum atomic E-state index is -0.759. The van der Waals surface area contributed by atoms with Gasteiger partial charge in [-0.15, -0.1) is 0 Å². The second-order valence-corrected chi connectivity index (χ2v) is 4.32. The van der Waals surface area contributed by atoms with Crippen LogP contribution in [-0.4, -0.2) is 22.5 Å². The van der Waals surface area contributed by atoms with Crippen molar-refractivity contribution in [1.82, 2.24) is 0 Å². The van der Waals surface area contributed by atoms with Gasteiger partial charge in [0.05, 0.1) is 12.1 Å². The van der Waals surface area contributed by atoms with Crippen molar-refractivity contribution in [3.8, 4) is 0 Å². The number of carboxylic acids is 1. The monoisotopic (exact) mass is 197 g/mol. The van der Waals surface area contributed by atoms with Crippen LogP contribution in [0.25, 0.3) is 0 Å². The second kappa shape index (κ2) is 3.44. The van der Waals surface area contributed by atoms with Gasteiger partial charge in [0.2, 0.25) is 0 Å². The van der Waals surface area contributed by atoms with E-state index >= 15 is 0 Å². The molecule has 0 saturated heterocycles. The van der Waals surface area contributed by atoms with E-state index in [1.807, 2.05) is 19.9 Å². The molecule has 1 saturated carbocycles. The van der Waals surface area contributed by atoms with Crippen molar-refractivity contribution < 1.29 is 15.1 Å². The maximum atomic E-state index is 10.8. The first-order valence-electron chi connectivity index (χ1n) is 4.50. The summed E-state index contributed by atoms with van der Waals surface area (Å²) >= 11 is 0. The highest BCUT2D eigenvalue weighted by molar-refractivity contribution is 5.80. The minimum absolute atomic E-state index is 0.0398. The molecule has 1 aliphatic carbocycles. The van der Waals surface area contributed by atoms with Gasteiger partial charge >= 0.3 is 5.97 Å². The number of carboxylic acid groups (broad SMARTS) is 1. The van der Waals surface area contributed by atoms with Crippen molar-refractivity contribution in [1.29, 1.82) is 0 Å². The number of allylic oxidation sites excluding steroid dienone is 2. The second-order valence-electron chi connectivity index (χ2n) is 4.32. The molecule has 0 bridgehead atoms. The summed E-state index contributed by atoms with van der Waals surface area (Å²) in [5, 5.41) is 20.1. The third kappa shape index (κ3) is 1.78. The molecule has 0 aromatic carbocycles. The van der Waals surface area contributed by atoms with Crippen molar-refractivity contribution in [2.24, 2.45) is 22.4 Å². The van der Waals surface area contributed by atoms with Crippen LogP contribution in [0.2, 0.25) is 0 Å². The van der Waals surface area contributed by atoms with E-state index in [1.54, 1.807) is 6.92 Å². The van der Waals surface area contributed by atoms with E-state index in [1.165, 1.54) is 6.21 Å². The fraction of sp³-hybridized carbons (Fsp3) is 0.600. The first-order chi connectivity index (χ1) is 6.41. The molecule has 78 valence electrons. The SMILES string of the molecule is CC(C=NO)=CC1[C@@H](C(=O)O)C1(C)C. The van der Waals surface area contributed by atoms with Crippen molar-refractivity contribution >= 4 is 12.2 Å². The first-order valence-corrected chi connectivity index (χ1v) is 4.50. The Balaban J connectivity index is 2.75. The summed E-state index contributed by atoms with van der Waals surface area (Å²) < 4.78 is 0. The van der Waals surface area contributed by atoms with Crippen LogP contribution in [0.1, 0.15) is 20.8 Å². The van der Waals surface area contributed by atoms with Crippen molar-refractivity contribution in [3.05, 3.63) is 11.6 Å². The third-order valence-electron chi connectivity index (χ3n) is 2.88. The molecule has 1 fully saturated rings. The van der Waals surface area contributed by atoms with Gasteiger partial charge in [0, 0.05) is 0 Å². The predicted octanol–water partition coefficient (Wildman–Crippen LogP) is 1.75. The zero-order valence-electron chi connectivity index (χ0n) is 8.56.